The molecule has 2 amide bonds. The molecule has 8 nitrogen and oxygen atoms in total. The number of rotatable bonds is 3. The van der Waals surface area contributed by atoms with Gasteiger partial charge in [0.05, 0.1) is 12.6 Å². The molecule has 0 aromatic heterocycles. The maximum atomic E-state index is 15.5. The summed E-state index contributed by atoms with van der Waals surface area (Å²) in [5.41, 5.74) is -0.302. The van der Waals surface area contributed by atoms with Crippen molar-refractivity contribution in [2.75, 3.05) is 17.4 Å². The Morgan fingerprint density at radius 2 is 2.00 bits per heavy atom. The van der Waals surface area contributed by atoms with Crippen LogP contribution in [0.5, 0.6) is 5.75 Å². The van der Waals surface area contributed by atoms with E-state index in [-0.39, 0.29) is 35.8 Å². The molecule has 1 aliphatic carbocycles. The zero-order chi connectivity index (χ0) is 22.7. The summed E-state index contributed by atoms with van der Waals surface area (Å²) in [7, 11) is 0. The molecule has 2 aliphatic heterocycles. The lowest BCUT2D eigenvalue weighted by Crippen LogP contribution is -2.43. The van der Waals surface area contributed by atoms with E-state index in [2.05, 4.69) is 11.6 Å². The number of halogens is 1. The third-order valence-corrected chi connectivity index (χ3v) is 6.91. The fraction of sp³-hybridized carbons (Fsp3) is 0.524. The first-order valence-electron chi connectivity index (χ1n) is 10.1. The summed E-state index contributed by atoms with van der Waals surface area (Å²) in [6.45, 7) is 7.28. The van der Waals surface area contributed by atoms with E-state index >= 15 is 4.39 Å². The summed E-state index contributed by atoms with van der Waals surface area (Å²) < 4.78 is 36.4. The van der Waals surface area contributed by atoms with Crippen LogP contribution < -0.4 is 9.03 Å². The third kappa shape index (κ3) is 4.00. The van der Waals surface area contributed by atoms with Crippen molar-refractivity contribution in [3.8, 4) is 5.75 Å². The van der Waals surface area contributed by atoms with Crippen molar-refractivity contribution in [2.45, 2.75) is 52.2 Å². The Hall–Kier alpha value is -2.62. The minimum absolute atomic E-state index is 0.0956. The third-order valence-electron chi connectivity index (χ3n) is 5.79. The van der Waals surface area contributed by atoms with Gasteiger partial charge in [-0.3, -0.25) is 18.7 Å². The molecule has 2 fully saturated rings. The molecule has 0 radical (unpaired) electrons. The molecule has 2 atom stereocenters. The van der Waals surface area contributed by atoms with Gasteiger partial charge >= 0.3 is 6.09 Å². The minimum Gasteiger partial charge on any atom is -0.506 e. The molecule has 2 heterocycles. The smallest absolute Gasteiger partial charge is 0.411 e. The van der Waals surface area contributed by atoms with E-state index in [1.54, 1.807) is 25.7 Å². The standard InChI is InChI=1S/C21H26FN3O5S/c1-20(2,3)30-19(28)24-10-12(9-15(24)21(4)7-8-21)13-5-6-14(26)18(17(13)22)25-11-16(27)23-31(25)29/h5-6,9,15,26H,7-8,10-11H2,1-4H3,(H,23,27). The molecule has 3 aliphatic rings. The number of hydrogen-bond acceptors (Lipinski definition) is 5. The van der Waals surface area contributed by atoms with Crippen LogP contribution in [0.1, 0.15) is 46.1 Å². The van der Waals surface area contributed by atoms with E-state index in [1.165, 1.54) is 12.1 Å². The van der Waals surface area contributed by atoms with Crippen molar-refractivity contribution in [3.63, 3.8) is 0 Å². The second kappa shape index (κ2) is 7.22. The number of nitrogens with one attached hydrogen (secondary N) is 1. The van der Waals surface area contributed by atoms with Gasteiger partial charge in [0.25, 0.3) is 5.91 Å². The molecule has 1 aromatic rings. The first-order chi connectivity index (χ1) is 14.4. The van der Waals surface area contributed by atoms with Crippen LogP contribution in [0.2, 0.25) is 0 Å². The van der Waals surface area contributed by atoms with Crippen molar-refractivity contribution in [3.05, 3.63) is 29.6 Å². The number of anilines is 1. The van der Waals surface area contributed by atoms with E-state index < -0.39 is 40.3 Å². The Morgan fingerprint density at radius 1 is 1.32 bits per heavy atom. The molecule has 10 heteroatoms. The Morgan fingerprint density at radius 3 is 2.55 bits per heavy atom. The van der Waals surface area contributed by atoms with E-state index in [0.717, 1.165) is 17.1 Å². The number of hydrogen-bond donors (Lipinski definition) is 2. The average Bonchev–Trinajstić information content (AvgIpc) is 3.08. The highest BCUT2D eigenvalue weighted by molar-refractivity contribution is 7.85. The van der Waals surface area contributed by atoms with Gasteiger partial charge in [0, 0.05) is 5.56 Å². The number of nitrogens with zero attached hydrogens (tertiary/aromatic N) is 2. The summed E-state index contributed by atoms with van der Waals surface area (Å²) in [6, 6.07) is 2.50. The van der Waals surface area contributed by atoms with E-state index in [0.29, 0.717) is 5.57 Å². The molecule has 0 spiro atoms. The summed E-state index contributed by atoms with van der Waals surface area (Å²) in [5.74, 6) is -1.73. The lowest BCUT2D eigenvalue weighted by molar-refractivity contribution is -0.117. The predicted molar refractivity (Wildman–Crippen MR) is 114 cm³/mol. The Bertz CT molecular complexity index is 1020. The van der Waals surface area contributed by atoms with Crippen LogP contribution in [0.15, 0.2) is 18.2 Å². The Kier molecular flexibility index (Phi) is 5.03. The fourth-order valence-corrected chi connectivity index (χ4v) is 4.88. The van der Waals surface area contributed by atoms with E-state index in [4.69, 9.17) is 4.74 Å². The van der Waals surface area contributed by atoms with Gasteiger partial charge < -0.3 is 9.84 Å². The second-order valence-corrected chi connectivity index (χ2v) is 10.6. The van der Waals surface area contributed by atoms with Crippen LogP contribution in [0.25, 0.3) is 5.57 Å². The number of ether oxygens (including phenoxy) is 1. The number of benzene rings is 1. The predicted octanol–water partition coefficient (Wildman–Crippen LogP) is 2.85. The van der Waals surface area contributed by atoms with Crippen LogP contribution in [0.4, 0.5) is 14.9 Å². The molecule has 4 rings (SSSR count). The van der Waals surface area contributed by atoms with Crippen LogP contribution in [-0.4, -0.2) is 50.9 Å². The maximum absolute atomic E-state index is 15.5. The van der Waals surface area contributed by atoms with Gasteiger partial charge in [0.1, 0.15) is 23.6 Å². The molecule has 2 N–H and O–H groups in total. The van der Waals surface area contributed by atoms with Crippen LogP contribution >= 0.6 is 0 Å². The normalized spacial score (nSPS) is 24.8. The maximum Gasteiger partial charge on any atom is 0.411 e. The van der Waals surface area contributed by atoms with Crippen LogP contribution in [-0.2, 0) is 20.7 Å². The molecule has 1 aromatic carbocycles. The van der Waals surface area contributed by atoms with Crippen molar-refractivity contribution in [1.29, 1.82) is 0 Å². The summed E-state index contributed by atoms with van der Waals surface area (Å²) in [6.07, 6.45) is 3.31. The van der Waals surface area contributed by atoms with Gasteiger partial charge in [-0.25, -0.2) is 13.4 Å². The highest BCUT2D eigenvalue weighted by Gasteiger charge is 2.51. The van der Waals surface area contributed by atoms with Gasteiger partial charge in [-0.15, -0.1) is 0 Å². The number of phenols is 1. The molecule has 1 saturated carbocycles. The number of phenolic OH excluding ortho intramolecular Hbond substituents is 1. The Labute approximate surface area is 182 Å². The first kappa shape index (κ1) is 21.6. The van der Waals surface area contributed by atoms with Crippen LogP contribution in [0.3, 0.4) is 0 Å². The highest BCUT2D eigenvalue weighted by atomic mass is 32.2. The van der Waals surface area contributed by atoms with Gasteiger partial charge in [-0.05, 0) is 56.7 Å². The second-order valence-electron chi connectivity index (χ2n) is 9.50. The van der Waals surface area contributed by atoms with Gasteiger partial charge in [-0.1, -0.05) is 13.0 Å². The largest absolute Gasteiger partial charge is 0.506 e. The molecule has 1 saturated heterocycles. The van der Waals surface area contributed by atoms with Crippen molar-refractivity contribution in [1.82, 2.24) is 9.62 Å². The van der Waals surface area contributed by atoms with Gasteiger partial charge in [0.2, 0.25) is 11.2 Å². The highest BCUT2D eigenvalue weighted by Crippen LogP contribution is 2.53. The first-order valence-corrected chi connectivity index (χ1v) is 11.2. The molecule has 31 heavy (non-hydrogen) atoms. The quantitative estimate of drug-likeness (QED) is 0.736. The van der Waals surface area contributed by atoms with Crippen LogP contribution in [0, 0.1) is 11.2 Å². The molecular formula is C21H26FN3O5S. The van der Waals surface area contributed by atoms with Gasteiger partial charge in [0.15, 0.2) is 5.82 Å². The molecular weight excluding hydrogens is 425 g/mol. The molecule has 2 unspecified atom stereocenters. The summed E-state index contributed by atoms with van der Waals surface area (Å²) >= 11 is -1.98. The zero-order valence-corrected chi connectivity index (χ0v) is 18.7. The number of carbonyl (C=O) groups excluding carboxylic acids is 2. The molecule has 0 bridgehead atoms. The zero-order valence-electron chi connectivity index (χ0n) is 17.9. The number of aromatic hydroxyl groups is 1. The minimum atomic E-state index is -1.98. The Balaban J connectivity index is 1.70. The molecule has 168 valence electrons. The lowest BCUT2D eigenvalue weighted by atomic mass is 9.97. The van der Waals surface area contributed by atoms with Crippen molar-refractivity contribution < 1.29 is 28.0 Å². The lowest BCUT2D eigenvalue weighted by Gasteiger charge is -2.31. The topological polar surface area (TPSA) is 99.2 Å². The van der Waals surface area contributed by atoms with Crippen molar-refractivity contribution >= 4 is 34.4 Å². The fourth-order valence-electron chi connectivity index (χ4n) is 3.93. The average molecular weight is 452 g/mol. The number of carbonyl (C=O) groups is 2. The van der Waals surface area contributed by atoms with Crippen molar-refractivity contribution in [2.24, 2.45) is 5.41 Å². The van der Waals surface area contributed by atoms with E-state index in [9.17, 15) is 18.9 Å². The van der Waals surface area contributed by atoms with Gasteiger partial charge in [-0.2, -0.15) is 0 Å². The summed E-state index contributed by atoms with van der Waals surface area (Å²) in [4.78, 5) is 26.0. The summed E-state index contributed by atoms with van der Waals surface area (Å²) in [5, 5.41) is 10.2. The monoisotopic (exact) mass is 451 g/mol. The number of amides is 2. The SMILES string of the molecule is CC(C)(C)OC(=O)N1CC(c2ccc(O)c(N3CC(=O)NS3=O)c2F)=CC1C1(C)CC1. The van der Waals surface area contributed by atoms with E-state index in [1.807, 2.05) is 6.08 Å².